The topological polar surface area (TPSA) is 413 Å². The first-order valence-electron chi connectivity index (χ1n) is 17.6. The molecule has 25 atom stereocenters. The molecule has 0 spiro atoms. The molecule has 0 aliphatic carbocycles. The minimum atomic E-state index is -2.10. The maximum absolute atomic E-state index is 11.5. The Kier molecular flexibility index (Phi) is 15.5. The zero-order chi connectivity index (χ0) is 40.6. The monoisotopic (exact) mass is 811 g/mol. The second kappa shape index (κ2) is 18.9. The summed E-state index contributed by atoms with van der Waals surface area (Å²) in [5, 5.41) is 156. The van der Waals surface area contributed by atoms with Crippen molar-refractivity contribution < 1.29 is 119 Å². The van der Waals surface area contributed by atoms with Crippen LogP contribution in [-0.4, -0.2) is 256 Å². The van der Waals surface area contributed by atoms with Gasteiger partial charge in [-0.25, -0.2) is 0 Å². The lowest BCUT2D eigenvalue weighted by Crippen LogP contribution is -2.69. The van der Waals surface area contributed by atoms with Gasteiger partial charge in [0.1, 0.15) is 110 Å². The van der Waals surface area contributed by atoms with Crippen LogP contribution in [0.15, 0.2) is 0 Å². The third-order valence-electron chi connectivity index (χ3n) is 10.3. The minimum Gasteiger partial charge on any atom is -0.394 e. The minimum absolute atomic E-state index is 0.783. The number of aliphatic hydroxyl groups is 15. The summed E-state index contributed by atoms with van der Waals surface area (Å²) in [4.78, 5) is 0. The molecule has 5 fully saturated rings. The summed E-state index contributed by atoms with van der Waals surface area (Å²) >= 11 is 0. The Morgan fingerprint density at radius 1 is 0.418 bits per heavy atom. The van der Waals surface area contributed by atoms with E-state index < -0.39 is 180 Å². The second-order valence-corrected chi connectivity index (χ2v) is 14.1. The summed E-state index contributed by atoms with van der Waals surface area (Å²) in [6.07, 6.45) is -42.2. The van der Waals surface area contributed by atoms with Crippen molar-refractivity contribution in [1.82, 2.24) is 0 Å². The van der Waals surface area contributed by atoms with Crippen molar-refractivity contribution in [2.24, 2.45) is 5.73 Å². The largest absolute Gasteiger partial charge is 0.394 e. The van der Waals surface area contributed by atoms with Crippen LogP contribution in [-0.2, 0) is 42.6 Å². The number of aliphatic hydroxyl groups excluding tert-OH is 15. The van der Waals surface area contributed by atoms with Gasteiger partial charge in [0, 0.05) is 0 Å². The van der Waals surface area contributed by atoms with E-state index >= 15 is 0 Å². The highest BCUT2D eigenvalue weighted by Gasteiger charge is 2.56. The molecule has 0 bridgehead atoms. The molecule has 5 saturated heterocycles. The maximum Gasteiger partial charge on any atom is 0.187 e. The average Bonchev–Trinajstić information content (AvgIpc) is 3.17. The van der Waals surface area contributed by atoms with E-state index in [1.807, 2.05) is 0 Å². The van der Waals surface area contributed by atoms with E-state index in [0.29, 0.717) is 0 Å². The lowest BCUT2D eigenvalue weighted by molar-refractivity contribution is -0.386. The molecule has 5 rings (SSSR count). The van der Waals surface area contributed by atoms with Crippen molar-refractivity contribution in [2.75, 3.05) is 26.4 Å². The molecule has 0 aromatic carbocycles. The third-order valence-corrected chi connectivity index (χ3v) is 10.3. The number of ether oxygens (including phenoxy) is 9. The standard InChI is InChI=1S/C30H53NO24/c1-6-12(35)16(39)20(43)28(48-6)55-25-15(38)10(5-47-27-19(42)17(40)13(36)7(2-32)50-27)52-30(22(25)45)54-24-11(31)26(46)49-9(4-34)23(24)53-29-21(44)18(41)14(37)8(3-33)51-29/h6-30,32-46H,2-5,31H2,1H3/t6-,7+,8+,9+,10+,11+,12-,13+,14+,15+,16+,17-,18-,19+,20+,21+,22+,23-,24+,25-,26-,27-,28-,29+,30-/m0/s1. The van der Waals surface area contributed by atoms with Gasteiger partial charge < -0.3 is 125 Å². The highest BCUT2D eigenvalue weighted by molar-refractivity contribution is 4.99. The van der Waals surface area contributed by atoms with Crippen molar-refractivity contribution in [1.29, 1.82) is 0 Å². The van der Waals surface area contributed by atoms with Crippen LogP contribution in [0.2, 0.25) is 0 Å². The first kappa shape index (κ1) is 45.1. The lowest BCUT2D eigenvalue weighted by Gasteiger charge is -2.50. The van der Waals surface area contributed by atoms with E-state index in [1.54, 1.807) is 0 Å². The smallest absolute Gasteiger partial charge is 0.187 e. The van der Waals surface area contributed by atoms with Crippen LogP contribution in [0.1, 0.15) is 6.92 Å². The van der Waals surface area contributed by atoms with E-state index in [0.717, 1.165) is 0 Å². The van der Waals surface area contributed by atoms with Crippen LogP contribution in [0.5, 0.6) is 0 Å². The van der Waals surface area contributed by atoms with Gasteiger partial charge in [-0.1, -0.05) is 0 Å². The molecule has 0 saturated carbocycles. The zero-order valence-corrected chi connectivity index (χ0v) is 29.2. The van der Waals surface area contributed by atoms with Gasteiger partial charge in [-0.05, 0) is 6.92 Å². The highest BCUT2D eigenvalue weighted by atomic mass is 16.8. The SMILES string of the molecule is C[C@@H]1O[C@@H](O[C@@H]2[C@@H](O)[C@H](O[C@@H]3[C@@H](N)[C@@H](O)O[C@H](CO)[C@@H]3O[C@H]3O[C@H](CO)[C@@H](O)[C@H](O)[C@H]3O)O[C@H](CO[C@H]3O[C@H](CO)[C@@H](O)[C@H](O)[C@H]3O)[C@H]2O)[C@H](O)[C@H](O)[C@H]1O. The summed E-state index contributed by atoms with van der Waals surface area (Å²) in [5.74, 6) is 0. The lowest BCUT2D eigenvalue weighted by atomic mass is 9.94. The number of nitrogens with two attached hydrogens (primary N) is 1. The second-order valence-electron chi connectivity index (χ2n) is 14.1. The molecule has 5 aliphatic rings. The molecule has 0 radical (unpaired) electrons. The molecule has 17 N–H and O–H groups in total. The zero-order valence-electron chi connectivity index (χ0n) is 29.2. The number of hydrogen-bond acceptors (Lipinski definition) is 25. The third kappa shape index (κ3) is 9.26. The Morgan fingerprint density at radius 2 is 0.855 bits per heavy atom. The van der Waals surface area contributed by atoms with Crippen LogP contribution in [0.3, 0.4) is 0 Å². The fourth-order valence-corrected chi connectivity index (χ4v) is 6.90. The van der Waals surface area contributed by atoms with Crippen molar-refractivity contribution in [3.05, 3.63) is 0 Å². The first-order chi connectivity index (χ1) is 25.9. The summed E-state index contributed by atoms with van der Waals surface area (Å²) in [7, 11) is 0. The van der Waals surface area contributed by atoms with Crippen molar-refractivity contribution in [3.8, 4) is 0 Å². The van der Waals surface area contributed by atoms with E-state index in [9.17, 15) is 76.6 Å². The van der Waals surface area contributed by atoms with Gasteiger partial charge in [0.2, 0.25) is 0 Å². The Labute approximate surface area is 312 Å². The molecule has 0 amide bonds. The fourth-order valence-electron chi connectivity index (χ4n) is 6.90. The van der Waals surface area contributed by atoms with Gasteiger partial charge in [-0.2, -0.15) is 0 Å². The van der Waals surface area contributed by atoms with Crippen molar-refractivity contribution in [3.63, 3.8) is 0 Å². The van der Waals surface area contributed by atoms with E-state index in [-0.39, 0.29) is 0 Å². The summed E-state index contributed by atoms with van der Waals surface area (Å²) < 4.78 is 50.5. The molecular formula is C30H53NO24. The van der Waals surface area contributed by atoms with Crippen LogP contribution in [0, 0.1) is 0 Å². The first-order valence-corrected chi connectivity index (χ1v) is 17.6. The summed E-state index contributed by atoms with van der Waals surface area (Å²) in [5.41, 5.74) is 6.21. The van der Waals surface area contributed by atoms with Gasteiger partial charge in [-0.15, -0.1) is 0 Å². The van der Waals surface area contributed by atoms with Gasteiger partial charge in [0.25, 0.3) is 0 Å². The van der Waals surface area contributed by atoms with Gasteiger partial charge in [0.05, 0.1) is 38.6 Å². The molecule has 25 heteroatoms. The van der Waals surface area contributed by atoms with Gasteiger partial charge in [-0.3, -0.25) is 0 Å². The van der Waals surface area contributed by atoms with Gasteiger partial charge >= 0.3 is 0 Å². The van der Waals surface area contributed by atoms with Crippen LogP contribution >= 0.6 is 0 Å². The molecule has 25 nitrogen and oxygen atoms in total. The molecule has 55 heavy (non-hydrogen) atoms. The maximum atomic E-state index is 11.5. The summed E-state index contributed by atoms with van der Waals surface area (Å²) in [6.45, 7) is -1.98. The fraction of sp³-hybridized carbons (Fsp3) is 1.00. The number of hydrogen-bond donors (Lipinski definition) is 16. The van der Waals surface area contributed by atoms with E-state index in [1.165, 1.54) is 6.92 Å². The van der Waals surface area contributed by atoms with E-state index in [4.69, 9.17) is 48.4 Å². The van der Waals surface area contributed by atoms with Crippen LogP contribution in [0.4, 0.5) is 0 Å². The van der Waals surface area contributed by atoms with E-state index in [2.05, 4.69) is 0 Å². The normalized spacial score (nSPS) is 53.9. The van der Waals surface area contributed by atoms with Crippen molar-refractivity contribution >= 4 is 0 Å². The Morgan fingerprint density at radius 3 is 1.42 bits per heavy atom. The molecule has 322 valence electrons. The Hall–Kier alpha value is -1.00. The van der Waals surface area contributed by atoms with Gasteiger partial charge in [0.15, 0.2) is 31.5 Å². The molecule has 0 aromatic heterocycles. The van der Waals surface area contributed by atoms with Crippen LogP contribution in [0.25, 0.3) is 0 Å². The molecule has 5 heterocycles. The molecule has 0 unspecified atom stereocenters. The Balaban J connectivity index is 1.42. The predicted molar refractivity (Wildman–Crippen MR) is 167 cm³/mol. The van der Waals surface area contributed by atoms with Crippen LogP contribution < -0.4 is 5.73 Å². The quantitative estimate of drug-likeness (QED) is 0.0870. The molecule has 5 aliphatic heterocycles. The predicted octanol–water partition coefficient (Wildman–Crippen LogP) is -10.9. The average molecular weight is 812 g/mol. The van der Waals surface area contributed by atoms with Crippen molar-refractivity contribution in [2.45, 2.75) is 160 Å². The highest BCUT2D eigenvalue weighted by Crippen LogP contribution is 2.35. The molecule has 0 aromatic rings. The Bertz CT molecular complexity index is 1190. The molecular weight excluding hydrogens is 758 g/mol. The summed E-state index contributed by atoms with van der Waals surface area (Å²) in [6, 6.07) is -1.62. The number of rotatable bonds is 12.